The fourth-order valence-electron chi connectivity index (χ4n) is 2.28. The summed E-state index contributed by atoms with van der Waals surface area (Å²) in [5, 5.41) is 0. The quantitative estimate of drug-likeness (QED) is 0.787. The molecule has 0 radical (unpaired) electrons. The fourth-order valence-corrected chi connectivity index (χ4v) is 2.28. The lowest BCUT2D eigenvalue weighted by Gasteiger charge is -2.08. The normalized spacial score (nSPS) is 16.8. The first-order valence-corrected chi connectivity index (χ1v) is 5.20. The molecule has 1 aliphatic rings. The lowest BCUT2D eigenvalue weighted by Crippen LogP contribution is -2.07. The van der Waals surface area contributed by atoms with Crippen molar-refractivity contribution >= 4 is 0 Å². The zero-order valence-electron chi connectivity index (χ0n) is 8.97. The highest BCUT2D eigenvalue weighted by Crippen LogP contribution is 2.45. The van der Waals surface area contributed by atoms with Gasteiger partial charge in [0.2, 0.25) is 0 Å². The molecular formula is C13H12N2O. The molecule has 0 fully saturated rings. The molecule has 3 rings (SSSR count). The van der Waals surface area contributed by atoms with Crippen molar-refractivity contribution in [3.63, 3.8) is 0 Å². The Labute approximate surface area is 93.9 Å². The van der Waals surface area contributed by atoms with Gasteiger partial charge in [-0.15, -0.1) is 0 Å². The number of methoxy groups -OCH3 is 1. The Morgan fingerprint density at radius 2 is 2.00 bits per heavy atom. The zero-order chi connectivity index (χ0) is 11.1. The molecule has 1 unspecified atom stereocenters. The molecule has 3 heteroatoms. The minimum Gasteiger partial charge on any atom is -0.496 e. The first kappa shape index (κ1) is 9.36. The van der Waals surface area contributed by atoms with Crippen molar-refractivity contribution < 1.29 is 4.74 Å². The molecule has 0 amide bonds. The van der Waals surface area contributed by atoms with E-state index >= 15 is 0 Å². The molecule has 0 aliphatic heterocycles. The second kappa shape index (κ2) is 3.32. The van der Waals surface area contributed by atoms with E-state index in [-0.39, 0.29) is 6.04 Å². The predicted octanol–water partition coefficient (Wildman–Crippen LogP) is 2.12. The standard InChI is InChI=1S/C13H12N2O/c1-16-10-6-2-4-8-11(10)13-9(12(8)14)5-3-7-15-13/h2-7,12H,14H2,1H3. The van der Waals surface area contributed by atoms with Gasteiger partial charge in [0, 0.05) is 11.8 Å². The van der Waals surface area contributed by atoms with Crippen molar-refractivity contribution in [1.82, 2.24) is 4.98 Å². The summed E-state index contributed by atoms with van der Waals surface area (Å²) in [7, 11) is 1.67. The number of hydrogen-bond donors (Lipinski definition) is 1. The van der Waals surface area contributed by atoms with Crippen LogP contribution in [0.5, 0.6) is 5.75 Å². The second-order valence-corrected chi connectivity index (χ2v) is 3.84. The van der Waals surface area contributed by atoms with Gasteiger partial charge in [0.15, 0.2) is 0 Å². The van der Waals surface area contributed by atoms with Crippen LogP contribution in [-0.4, -0.2) is 12.1 Å². The van der Waals surface area contributed by atoms with Crippen LogP contribution in [0, 0.1) is 0 Å². The van der Waals surface area contributed by atoms with Crippen LogP contribution < -0.4 is 10.5 Å². The summed E-state index contributed by atoms with van der Waals surface area (Å²) in [5.74, 6) is 0.838. The lowest BCUT2D eigenvalue weighted by molar-refractivity contribution is 0.416. The van der Waals surface area contributed by atoms with Gasteiger partial charge in [-0.1, -0.05) is 18.2 Å². The Hall–Kier alpha value is -1.87. The van der Waals surface area contributed by atoms with E-state index in [2.05, 4.69) is 4.98 Å². The van der Waals surface area contributed by atoms with Crippen LogP contribution in [0.3, 0.4) is 0 Å². The van der Waals surface area contributed by atoms with E-state index in [1.807, 2.05) is 30.3 Å². The average Bonchev–Trinajstić information content (AvgIpc) is 2.64. The van der Waals surface area contributed by atoms with E-state index in [4.69, 9.17) is 10.5 Å². The van der Waals surface area contributed by atoms with Crippen LogP contribution in [0.1, 0.15) is 17.2 Å². The smallest absolute Gasteiger partial charge is 0.128 e. The Balaban J connectivity index is 2.35. The summed E-state index contributed by atoms with van der Waals surface area (Å²) in [5.41, 5.74) is 10.3. The third-order valence-corrected chi connectivity index (χ3v) is 3.02. The van der Waals surface area contributed by atoms with Crippen LogP contribution in [0.25, 0.3) is 11.3 Å². The van der Waals surface area contributed by atoms with Crippen LogP contribution in [0.2, 0.25) is 0 Å². The number of benzene rings is 1. The molecule has 1 aromatic heterocycles. The number of nitrogens with two attached hydrogens (primary N) is 1. The maximum atomic E-state index is 6.19. The molecule has 0 spiro atoms. The molecule has 1 aromatic carbocycles. The summed E-state index contributed by atoms with van der Waals surface area (Å²) in [4.78, 5) is 4.40. The van der Waals surface area contributed by atoms with Crippen molar-refractivity contribution in [3.05, 3.63) is 47.7 Å². The highest BCUT2D eigenvalue weighted by Gasteiger charge is 2.29. The van der Waals surface area contributed by atoms with Crippen LogP contribution in [0.4, 0.5) is 0 Å². The number of nitrogens with zero attached hydrogens (tertiary/aromatic N) is 1. The maximum absolute atomic E-state index is 6.19. The number of pyridine rings is 1. The number of hydrogen-bond acceptors (Lipinski definition) is 3. The summed E-state index contributed by atoms with van der Waals surface area (Å²) in [6.45, 7) is 0. The van der Waals surface area contributed by atoms with Crippen molar-refractivity contribution in [1.29, 1.82) is 0 Å². The minimum atomic E-state index is -0.0891. The monoisotopic (exact) mass is 212 g/mol. The molecule has 3 nitrogen and oxygen atoms in total. The molecule has 2 aromatic rings. The summed E-state index contributed by atoms with van der Waals surface area (Å²) in [6, 6.07) is 9.78. The van der Waals surface area contributed by atoms with Crippen LogP contribution >= 0.6 is 0 Å². The van der Waals surface area contributed by atoms with Crippen molar-refractivity contribution in [3.8, 4) is 17.0 Å². The first-order chi connectivity index (χ1) is 7.83. The molecule has 0 saturated heterocycles. The van der Waals surface area contributed by atoms with Gasteiger partial charge in [-0.3, -0.25) is 4.98 Å². The molecule has 1 heterocycles. The van der Waals surface area contributed by atoms with Gasteiger partial charge < -0.3 is 10.5 Å². The van der Waals surface area contributed by atoms with Gasteiger partial charge in [-0.25, -0.2) is 0 Å². The summed E-state index contributed by atoms with van der Waals surface area (Å²) < 4.78 is 5.37. The number of rotatable bonds is 1. The van der Waals surface area contributed by atoms with Crippen LogP contribution in [0.15, 0.2) is 36.5 Å². The van der Waals surface area contributed by atoms with E-state index in [1.54, 1.807) is 13.3 Å². The van der Waals surface area contributed by atoms with E-state index in [9.17, 15) is 0 Å². The SMILES string of the molecule is COc1cccc2c1-c1ncccc1C2N. The topological polar surface area (TPSA) is 48.1 Å². The number of fused-ring (bicyclic) bond motifs is 3. The molecule has 0 bridgehead atoms. The first-order valence-electron chi connectivity index (χ1n) is 5.20. The van der Waals surface area contributed by atoms with Crippen molar-refractivity contribution in [2.75, 3.05) is 7.11 Å². The van der Waals surface area contributed by atoms with E-state index < -0.39 is 0 Å². The zero-order valence-corrected chi connectivity index (χ0v) is 8.97. The second-order valence-electron chi connectivity index (χ2n) is 3.84. The minimum absolute atomic E-state index is 0.0891. The average molecular weight is 212 g/mol. The Morgan fingerprint density at radius 3 is 2.81 bits per heavy atom. The van der Waals surface area contributed by atoms with E-state index in [0.717, 1.165) is 28.1 Å². The molecule has 16 heavy (non-hydrogen) atoms. The summed E-state index contributed by atoms with van der Waals surface area (Å²) >= 11 is 0. The Bertz CT molecular complexity index is 551. The molecule has 2 N–H and O–H groups in total. The van der Waals surface area contributed by atoms with Gasteiger partial charge in [0.05, 0.1) is 18.8 Å². The highest BCUT2D eigenvalue weighted by molar-refractivity contribution is 5.80. The molecule has 0 saturated carbocycles. The molecule has 80 valence electrons. The van der Waals surface area contributed by atoms with E-state index in [1.165, 1.54) is 0 Å². The highest BCUT2D eigenvalue weighted by atomic mass is 16.5. The lowest BCUT2D eigenvalue weighted by atomic mass is 10.1. The van der Waals surface area contributed by atoms with Crippen molar-refractivity contribution in [2.24, 2.45) is 5.73 Å². The van der Waals surface area contributed by atoms with Crippen molar-refractivity contribution in [2.45, 2.75) is 6.04 Å². The van der Waals surface area contributed by atoms with Gasteiger partial charge in [0.25, 0.3) is 0 Å². The van der Waals surface area contributed by atoms with Gasteiger partial charge >= 0.3 is 0 Å². The summed E-state index contributed by atoms with van der Waals surface area (Å²) in [6.07, 6.45) is 1.78. The third kappa shape index (κ3) is 1.09. The van der Waals surface area contributed by atoms with Gasteiger partial charge in [-0.05, 0) is 23.3 Å². The predicted molar refractivity (Wildman–Crippen MR) is 62.3 cm³/mol. The van der Waals surface area contributed by atoms with Gasteiger partial charge in [-0.2, -0.15) is 0 Å². The number of aromatic nitrogens is 1. The van der Waals surface area contributed by atoms with Crippen LogP contribution in [-0.2, 0) is 0 Å². The Morgan fingerprint density at radius 1 is 1.19 bits per heavy atom. The molecular weight excluding hydrogens is 200 g/mol. The largest absolute Gasteiger partial charge is 0.496 e. The fraction of sp³-hybridized carbons (Fsp3) is 0.154. The molecule has 1 aliphatic carbocycles. The van der Waals surface area contributed by atoms with E-state index in [0.29, 0.717) is 0 Å². The molecule has 1 atom stereocenters. The Kier molecular flexibility index (Phi) is 1.94. The van der Waals surface area contributed by atoms with Gasteiger partial charge in [0.1, 0.15) is 5.75 Å². The maximum Gasteiger partial charge on any atom is 0.128 e. The third-order valence-electron chi connectivity index (χ3n) is 3.02. The number of ether oxygens (including phenoxy) is 1.